The Labute approximate surface area is 60.3 Å². The second kappa shape index (κ2) is 4.85. The van der Waals surface area contributed by atoms with Crippen LogP contribution in [0.3, 0.4) is 0 Å². The van der Waals surface area contributed by atoms with Gasteiger partial charge in [-0.05, 0) is 19.4 Å². The zero-order valence-electron chi connectivity index (χ0n) is 6.26. The van der Waals surface area contributed by atoms with Gasteiger partial charge in [0.05, 0.1) is 6.61 Å². The van der Waals surface area contributed by atoms with Crippen LogP contribution in [0.5, 0.6) is 0 Å². The van der Waals surface area contributed by atoms with Crippen LogP contribution in [-0.2, 0) is 9.53 Å². The first kappa shape index (κ1) is 9.01. The third-order valence-electron chi connectivity index (χ3n) is 0.882. The highest BCUT2D eigenvalue weighted by Gasteiger charge is 2.05. The van der Waals surface area contributed by atoms with Gasteiger partial charge in [-0.15, -0.1) is 0 Å². The fourth-order valence-electron chi connectivity index (χ4n) is 0.482. The van der Waals surface area contributed by atoms with Crippen LogP contribution in [0.25, 0.3) is 0 Å². The van der Waals surface area contributed by atoms with E-state index in [2.05, 4.69) is 4.74 Å². The van der Waals surface area contributed by atoms with Gasteiger partial charge in [-0.3, -0.25) is 0 Å². The number of carbonyl (C=O) groups excluding carboxylic acids is 1. The Morgan fingerprint density at radius 3 is 2.60 bits per heavy atom. The van der Waals surface area contributed by atoms with E-state index in [1.54, 1.807) is 6.92 Å². The lowest BCUT2D eigenvalue weighted by atomic mass is 10.4. The Morgan fingerprint density at radius 1 is 1.60 bits per heavy atom. The summed E-state index contributed by atoms with van der Waals surface area (Å²) in [6.07, 6.45) is 2.04. The highest BCUT2D eigenvalue weighted by molar-refractivity contribution is 5.85. The molecule has 0 amide bonds. The van der Waals surface area contributed by atoms with E-state index in [-0.39, 0.29) is 5.76 Å². The van der Waals surface area contributed by atoms with Crippen LogP contribution < -0.4 is 0 Å². The van der Waals surface area contributed by atoms with E-state index in [4.69, 9.17) is 5.11 Å². The minimum absolute atomic E-state index is 0.292. The second-order valence-electron chi connectivity index (χ2n) is 1.72. The van der Waals surface area contributed by atoms with Gasteiger partial charge >= 0.3 is 5.97 Å². The van der Waals surface area contributed by atoms with Crippen LogP contribution in [0, 0.1) is 0 Å². The van der Waals surface area contributed by atoms with Gasteiger partial charge in [0.15, 0.2) is 5.76 Å². The number of rotatable bonds is 3. The van der Waals surface area contributed by atoms with Gasteiger partial charge in [-0.2, -0.15) is 0 Å². The van der Waals surface area contributed by atoms with Gasteiger partial charge in [0.1, 0.15) is 0 Å². The van der Waals surface area contributed by atoms with Gasteiger partial charge in [0.25, 0.3) is 0 Å². The first-order valence-corrected chi connectivity index (χ1v) is 3.28. The number of ether oxygens (including phenoxy) is 1. The van der Waals surface area contributed by atoms with Crippen molar-refractivity contribution < 1.29 is 14.6 Å². The molecule has 0 fully saturated rings. The lowest BCUT2D eigenvalue weighted by molar-refractivity contribution is -0.141. The predicted octanol–water partition coefficient (Wildman–Crippen LogP) is 1.40. The van der Waals surface area contributed by atoms with Gasteiger partial charge in [0, 0.05) is 0 Å². The molecule has 0 spiro atoms. The smallest absolute Gasteiger partial charge is 0.373 e. The van der Waals surface area contributed by atoms with Crippen molar-refractivity contribution in [3.05, 3.63) is 11.8 Å². The summed E-state index contributed by atoms with van der Waals surface area (Å²) in [5.41, 5.74) is 0. The van der Waals surface area contributed by atoms with E-state index >= 15 is 0 Å². The summed E-state index contributed by atoms with van der Waals surface area (Å²) in [6.45, 7) is 3.81. The van der Waals surface area contributed by atoms with Gasteiger partial charge in [-0.25, -0.2) is 4.79 Å². The van der Waals surface area contributed by atoms with Crippen molar-refractivity contribution in [1.29, 1.82) is 0 Å². The summed E-state index contributed by atoms with van der Waals surface area (Å²) in [6, 6.07) is 0. The molecule has 0 aromatic heterocycles. The highest BCUT2D eigenvalue weighted by Crippen LogP contribution is 1.94. The number of carbonyl (C=O) groups is 1. The Bertz CT molecular complexity index is 138. The number of allylic oxidation sites excluding steroid dienone is 1. The van der Waals surface area contributed by atoms with E-state index in [0.717, 1.165) is 0 Å². The molecule has 0 saturated carbocycles. The van der Waals surface area contributed by atoms with Crippen molar-refractivity contribution >= 4 is 5.97 Å². The van der Waals surface area contributed by atoms with Crippen molar-refractivity contribution in [3.63, 3.8) is 0 Å². The molecule has 0 aromatic carbocycles. The normalized spacial score (nSPS) is 11.2. The predicted molar refractivity (Wildman–Crippen MR) is 37.6 cm³/mol. The topological polar surface area (TPSA) is 46.5 Å². The fraction of sp³-hybridized carbons (Fsp3) is 0.571. The molecule has 0 atom stereocenters. The second-order valence-corrected chi connectivity index (χ2v) is 1.72. The maximum Gasteiger partial charge on any atom is 0.373 e. The minimum Gasteiger partial charge on any atom is -0.502 e. The zero-order chi connectivity index (χ0) is 7.98. The first-order chi connectivity index (χ1) is 4.72. The van der Waals surface area contributed by atoms with Gasteiger partial charge in [0.2, 0.25) is 0 Å². The third-order valence-corrected chi connectivity index (χ3v) is 0.882. The SMILES string of the molecule is CC/C=C(\O)C(=O)OCC. The van der Waals surface area contributed by atoms with Crippen molar-refractivity contribution in [2.24, 2.45) is 0 Å². The molecule has 3 nitrogen and oxygen atoms in total. The zero-order valence-corrected chi connectivity index (χ0v) is 6.26. The van der Waals surface area contributed by atoms with E-state index in [9.17, 15) is 4.79 Å². The summed E-state index contributed by atoms with van der Waals surface area (Å²) in [5.74, 6) is -0.950. The Balaban J connectivity index is 3.82. The molecule has 1 N–H and O–H groups in total. The maximum absolute atomic E-state index is 10.6. The van der Waals surface area contributed by atoms with E-state index in [1.165, 1.54) is 6.08 Å². The van der Waals surface area contributed by atoms with Crippen molar-refractivity contribution in [3.8, 4) is 0 Å². The van der Waals surface area contributed by atoms with Crippen LogP contribution in [0.15, 0.2) is 11.8 Å². The molecule has 0 heterocycles. The molecular weight excluding hydrogens is 132 g/mol. The number of hydrogen-bond acceptors (Lipinski definition) is 3. The average Bonchev–Trinajstić information content (AvgIpc) is 1.89. The molecular formula is C7H12O3. The summed E-state index contributed by atoms with van der Waals surface area (Å²) < 4.78 is 4.50. The Kier molecular flexibility index (Phi) is 4.37. The maximum atomic E-state index is 10.6. The summed E-state index contributed by atoms with van der Waals surface area (Å²) in [5, 5.41) is 8.84. The van der Waals surface area contributed by atoms with Crippen LogP contribution >= 0.6 is 0 Å². The fourth-order valence-corrected chi connectivity index (χ4v) is 0.482. The molecule has 58 valence electrons. The summed E-state index contributed by atoms with van der Waals surface area (Å²) >= 11 is 0. The van der Waals surface area contributed by atoms with E-state index < -0.39 is 5.97 Å². The minimum atomic E-state index is -0.649. The molecule has 3 heteroatoms. The van der Waals surface area contributed by atoms with Crippen LogP contribution in [0.2, 0.25) is 0 Å². The van der Waals surface area contributed by atoms with Crippen LogP contribution in [-0.4, -0.2) is 17.7 Å². The summed E-state index contributed by atoms with van der Waals surface area (Å²) in [4.78, 5) is 10.6. The molecule has 0 aromatic rings. The Hall–Kier alpha value is -0.990. The standard InChI is InChI=1S/C7H12O3/c1-3-5-6(8)7(9)10-4-2/h5,8H,3-4H2,1-2H3/b6-5-. The molecule has 0 aliphatic heterocycles. The van der Waals surface area contributed by atoms with Crippen molar-refractivity contribution in [2.75, 3.05) is 6.61 Å². The number of esters is 1. The highest BCUT2D eigenvalue weighted by atomic mass is 16.5. The molecule has 0 rings (SSSR count). The molecule has 0 saturated heterocycles. The average molecular weight is 144 g/mol. The third kappa shape index (κ3) is 3.12. The van der Waals surface area contributed by atoms with Gasteiger partial charge < -0.3 is 9.84 Å². The number of aliphatic hydroxyl groups is 1. The van der Waals surface area contributed by atoms with Gasteiger partial charge in [-0.1, -0.05) is 6.92 Å². The molecule has 0 aliphatic rings. The van der Waals surface area contributed by atoms with Crippen LogP contribution in [0.1, 0.15) is 20.3 Å². The molecule has 10 heavy (non-hydrogen) atoms. The Morgan fingerprint density at radius 2 is 2.20 bits per heavy atom. The summed E-state index contributed by atoms with van der Waals surface area (Å²) in [7, 11) is 0. The first-order valence-electron chi connectivity index (χ1n) is 3.28. The van der Waals surface area contributed by atoms with E-state index in [0.29, 0.717) is 13.0 Å². The van der Waals surface area contributed by atoms with Crippen molar-refractivity contribution in [2.45, 2.75) is 20.3 Å². The number of hydrogen-bond donors (Lipinski definition) is 1. The number of aliphatic hydroxyl groups excluding tert-OH is 1. The molecule has 0 bridgehead atoms. The largest absolute Gasteiger partial charge is 0.502 e. The monoisotopic (exact) mass is 144 g/mol. The molecule has 0 aliphatic carbocycles. The lowest BCUT2D eigenvalue weighted by Gasteiger charge is -1.98. The molecule has 0 unspecified atom stereocenters. The van der Waals surface area contributed by atoms with Crippen LogP contribution in [0.4, 0.5) is 0 Å². The quantitative estimate of drug-likeness (QED) is 0.370. The lowest BCUT2D eigenvalue weighted by Crippen LogP contribution is -2.06. The van der Waals surface area contributed by atoms with Crippen molar-refractivity contribution in [1.82, 2.24) is 0 Å². The molecule has 0 radical (unpaired) electrons. The van der Waals surface area contributed by atoms with E-state index in [1.807, 2.05) is 6.92 Å².